The number of aliphatic hydroxyl groups excluding tert-OH is 1. The Morgan fingerprint density at radius 2 is 1.59 bits per heavy atom. The molecule has 0 amide bonds. The Bertz CT molecular complexity index is 906. The molecule has 1 aromatic heterocycles. The number of aromatic nitrogens is 1. The van der Waals surface area contributed by atoms with E-state index in [1.165, 1.54) is 0 Å². The highest BCUT2D eigenvalue weighted by molar-refractivity contribution is 6.34. The van der Waals surface area contributed by atoms with Gasteiger partial charge in [-0.25, -0.2) is 0 Å². The maximum atomic E-state index is 11.5. The second kappa shape index (κ2) is 16.3. The van der Waals surface area contributed by atoms with Crippen LogP contribution in [0.5, 0.6) is 0 Å². The van der Waals surface area contributed by atoms with E-state index in [2.05, 4.69) is 5.32 Å². The van der Waals surface area contributed by atoms with Gasteiger partial charge in [0.1, 0.15) is 6.04 Å². The minimum absolute atomic E-state index is 0.0732. The van der Waals surface area contributed by atoms with Crippen LogP contribution in [0.4, 0.5) is 0 Å². The van der Waals surface area contributed by atoms with Gasteiger partial charge in [0.2, 0.25) is 0 Å². The molecule has 10 heteroatoms. The number of halogens is 2. The molecule has 1 heterocycles. The minimum atomic E-state index is -0.849. The molecule has 2 atom stereocenters. The monoisotopic (exact) mass is 516 g/mol. The number of carbonyl (C=O) groups excluding carboxylic acids is 1. The van der Waals surface area contributed by atoms with Crippen molar-refractivity contribution in [2.24, 2.45) is 5.92 Å². The van der Waals surface area contributed by atoms with Crippen LogP contribution in [0.1, 0.15) is 55.9 Å². The molecule has 34 heavy (non-hydrogen) atoms. The molecule has 0 aliphatic carbocycles. The normalized spacial score (nSPS) is 12.0. The van der Waals surface area contributed by atoms with Crippen molar-refractivity contribution in [3.8, 4) is 0 Å². The summed E-state index contributed by atoms with van der Waals surface area (Å²) in [5.74, 6) is -1.41. The van der Waals surface area contributed by atoms with E-state index in [4.69, 9.17) is 38.2 Å². The van der Waals surface area contributed by atoms with Gasteiger partial charge in [0.15, 0.2) is 6.29 Å². The summed E-state index contributed by atoms with van der Waals surface area (Å²) >= 11 is 12.2. The van der Waals surface area contributed by atoms with Crippen LogP contribution in [0.2, 0.25) is 10.0 Å². The Balaban J connectivity index is 0.00000164. The summed E-state index contributed by atoms with van der Waals surface area (Å²) in [6.07, 6.45) is 1.96. The molecule has 190 valence electrons. The molecule has 0 aliphatic heterocycles. The van der Waals surface area contributed by atoms with E-state index in [1.807, 2.05) is 43.5 Å². The predicted octanol–water partition coefficient (Wildman–Crippen LogP) is 4.38. The van der Waals surface area contributed by atoms with Gasteiger partial charge in [-0.15, -0.1) is 0 Å². The lowest BCUT2D eigenvalue weighted by molar-refractivity contribution is -0.140. The summed E-state index contributed by atoms with van der Waals surface area (Å²) in [6.45, 7) is 7.49. The van der Waals surface area contributed by atoms with E-state index < -0.39 is 18.0 Å². The van der Waals surface area contributed by atoms with Crippen LogP contribution in [0, 0.1) is 5.92 Å². The van der Waals surface area contributed by atoms with E-state index in [0.29, 0.717) is 35.1 Å². The van der Waals surface area contributed by atoms with Gasteiger partial charge in [-0.1, -0.05) is 37.0 Å². The van der Waals surface area contributed by atoms with Gasteiger partial charge in [0.25, 0.3) is 5.97 Å². The van der Waals surface area contributed by atoms with Gasteiger partial charge in [-0.3, -0.25) is 14.4 Å². The number of carbonyl (C=O) groups is 3. The Morgan fingerprint density at radius 3 is 2.03 bits per heavy atom. The number of nitrogens with zero attached hydrogens (tertiary/aromatic N) is 1. The van der Waals surface area contributed by atoms with Crippen LogP contribution in [-0.4, -0.2) is 57.3 Å². The second-order valence-corrected chi connectivity index (χ2v) is 8.92. The maximum absolute atomic E-state index is 11.5. The van der Waals surface area contributed by atoms with E-state index in [0.717, 1.165) is 31.6 Å². The topological polar surface area (TPSA) is 129 Å². The number of benzene rings is 1. The average molecular weight is 517 g/mol. The number of aliphatic carboxylic acids is 2. The number of carboxylic acid groups (broad SMARTS) is 2. The zero-order valence-electron chi connectivity index (χ0n) is 20.1. The molecule has 1 unspecified atom stereocenters. The first-order chi connectivity index (χ1) is 15.9. The van der Waals surface area contributed by atoms with Gasteiger partial charge >= 0.3 is 5.97 Å². The third-order valence-corrected chi connectivity index (χ3v) is 4.93. The summed E-state index contributed by atoms with van der Waals surface area (Å²) in [7, 11) is 1.00. The molecule has 2 rings (SSSR count). The molecule has 4 N–H and O–H groups in total. The first-order valence-corrected chi connectivity index (χ1v) is 11.4. The largest absolute Gasteiger partial charge is 0.481 e. The van der Waals surface area contributed by atoms with Gasteiger partial charge in [-0.2, -0.15) is 0 Å². The third kappa shape index (κ3) is 12.2. The quantitative estimate of drug-likeness (QED) is 0.345. The standard InChI is InChI=1S/C21H26Cl2N2O3.C2H4O2.CH4O/c1-13(2)6-20(21(27)28)24-14(3)7-18-4-5-19(12-26)25(18)11-15-8-16(22)10-17(23)9-15;1-2(3)4;1-2/h4-5,8-10,12-14,20,24H,6-7,11H2,1-3H3,(H,27,28);1H3,(H,3,4);2H,1H3/t14?,20-;;/m0../s1. The van der Waals surface area contributed by atoms with Crippen LogP contribution < -0.4 is 5.32 Å². The fraction of sp³-hybridized carbons (Fsp3) is 0.458. The fourth-order valence-electron chi connectivity index (χ4n) is 3.31. The number of hydrogen-bond donors (Lipinski definition) is 4. The molecule has 0 saturated carbocycles. The van der Waals surface area contributed by atoms with Crippen LogP contribution in [0.3, 0.4) is 0 Å². The van der Waals surface area contributed by atoms with Crippen molar-refractivity contribution in [3.63, 3.8) is 0 Å². The van der Waals surface area contributed by atoms with E-state index in [1.54, 1.807) is 12.1 Å². The van der Waals surface area contributed by atoms with Crippen molar-refractivity contribution in [1.82, 2.24) is 9.88 Å². The molecule has 0 spiro atoms. The molecule has 2 aromatic rings. The smallest absolute Gasteiger partial charge is 0.320 e. The molecule has 0 fully saturated rings. The summed E-state index contributed by atoms with van der Waals surface area (Å²) in [5, 5.41) is 28.1. The molecule has 8 nitrogen and oxygen atoms in total. The first-order valence-electron chi connectivity index (χ1n) is 10.6. The number of hydrogen-bond acceptors (Lipinski definition) is 5. The van der Waals surface area contributed by atoms with Crippen molar-refractivity contribution in [2.75, 3.05) is 7.11 Å². The molecule has 0 radical (unpaired) electrons. The number of rotatable bonds is 10. The van der Waals surface area contributed by atoms with Crippen molar-refractivity contribution in [2.45, 2.75) is 59.2 Å². The van der Waals surface area contributed by atoms with Gasteiger partial charge in [0.05, 0.1) is 5.69 Å². The number of aliphatic hydroxyl groups is 1. The van der Waals surface area contributed by atoms with Crippen molar-refractivity contribution in [1.29, 1.82) is 0 Å². The highest BCUT2D eigenvalue weighted by Gasteiger charge is 2.21. The zero-order chi connectivity index (χ0) is 26.4. The van der Waals surface area contributed by atoms with Crippen molar-refractivity contribution < 1.29 is 29.7 Å². The van der Waals surface area contributed by atoms with Crippen LogP contribution in [0.15, 0.2) is 30.3 Å². The van der Waals surface area contributed by atoms with Crippen LogP contribution >= 0.6 is 23.2 Å². The SMILES string of the molecule is CC(=O)O.CC(C)C[C@H](NC(C)Cc1ccc(C=O)n1Cc1cc(Cl)cc(Cl)c1)C(=O)O.CO. The molecular weight excluding hydrogens is 483 g/mol. The summed E-state index contributed by atoms with van der Waals surface area (Å²) < 4.78 is 1.91. The Hall–Kier alpha value is -2.39. The van der Waals surface area contributed by atoms with Crippen molar-refractivity contribution >= 4 is 41.4 Å². The summed E-state index contributed by atoms with van der Waals surface area (Å²) in [4.78, 5) is 32.0. The number of carboxylic acids is 2. The second-order valence-electron chi connectivity index (χ2n) is 8.04. The van der Waals surface area contributed by atoms with Crippen molar-refractivity contribution in [3.05, 3.63) is 57.3 Å². The van der Waals surface area contributed by atoms with Gasteiger partial charge < -0.3 is 25.2 Å². The first kappa shape index (κ1) is 31.6. The maximum Gasteiger partial charge on any atom is 0.320 e. The third-order valence-electron chi connectivity index (χ3n) is 4.49. The fourth-order valence-corrected chi connectivity index (χ4v) is 3.88. The highest BCUT2D eigenvalue weighted by Crippen LogP contribution is 2.21. The lowest BCUT2D eigenvalue weighted by atomic mass is 10.0. The molecular formula is C24H34Cl2N2O6. The Kier molecular flexibility index (Phi) is 15.1. The molecule has 1 aromatic carbocycles. The van der Waals surface area contributed by atoms with E-state index >= 15 is 0 Å². The predicted molar refractivity (Wildman–Crippen MR) is 134 cm³/mol. The highest BCUT2D eigenvalue weighted by atomic mass is 35.5. The summed E-state index contributed by atoms with van der Waals surface area (Å²) in [5.41, 5.74) is 2.38. The minimum Gasteiger partial charge on any atom is -0.481 e. The van der Waals surface area contributed by atoms with E-state index in [9.17, 15) is 14.7 Å². The average Bonchev–Trinajstić information content (AvgIpc) is 3.08. The number of aldehydes is 1. The molecule has 0 bridgehead atoms. The van der Waals surface area contributed by atoms with E-state index in [-0.39, 0.29) is 12.0 Å². The lowest BCUT2D eigenvalue weighted by Crippen LogP contribution is -2.44. The zero-order valence-corrected chi connectivity index (χ0v) is 21.6. The Morgan fingerprint density at radius 1 is 1.06 bits per heavy atom. The van der Waals surface area contributed by atoms with Crippen LogP contribution in [-0.2, 0) is 22.6 Å². The molecule has 0 saturated heterocycles. The Labute approximate surface area is 210 Å². The van der Waals surface area contributed by atoms with Gasteiger partial charge in [-0.05, 0) is 55.2 Å². The van der Waals surface area contributed by atoms with Gasteiger partial charge in [0, 0.05) is 48.8 Å². The number of nitrogens with one attached hydrogen (secondary N) is 1. The summed E-state index contributed by atoms with van der Waals surface area (Å²) in [6, 6.07) is 8.28. The molecule has 0 aliphatic rings. The van der Waals surface area contributed by atoms with Crippen LogP contribution in [0.25, 0.3) is 0 Å². The lowest BCUT2D eigenvalue weighted by Gasteiger charge is -2.22.